The first-order valence-corrected chi connectivity index (χ1v) is 7.47. The SMILES string of the molecule is CC(CNC(=O)C1(N)CCOC1)CN1CCCCC1. The topological polar surface area (TPSA) is 67.6 Å². The molecule has 0 aromatic carbocycles. The van der Waals surface area contributed by atoms with E-state index in [9.17, 15) is 4.79 Å². The smallest absolute Gasteiger partial charge is 0.242 e. The van der Waals surface area contributed by atoms with E-state index in [-0.39, 0.29) is 5.91 Å². The molecular formula is C14H27N3O2. The lowest BCUT2D eigenvalue weighted by Gasteiger charge is -2.29. The van der Waals surface area contributed by atoms with Crippen molar-refractivity contribution in [2.75, 3.05) is 39.4 Å². The predicted molar refractivity (Wildman–Crippen MR) is 74.8 cm³/mol. The Labute approximate surface area is 115 Å². The van der Waals surface area contributed by atoms with Crippen LogP contribution in [-0.4, -0.2) is 55.7 Å². The Kier molecular flexibility index (Phi) is 5.19. The molecule has 2 atom stereocenters. The van der Waals surface area contributed by atoms with E-state index in [1.54, 1.807) is 0 Å². The summed E-state index contributed by atoms with van der Waals surface area (Å²) in [5.41, 5.74) is 5.22. The van der Waals surface area contributed by atoms with Crippen molar-refractivity contribution in [2.45, 2.75) is 38.1 Å². The van der Waals surface area contributed by atoms with Gasteiger partial charge < -0.3 is 20.7 Å². The first-order valence-electron chi connectivity index (χ1n) is 7.47. The Morgan fingerprint density at radius 2 is 2.16 bits per heavy atom. The highest BCUT2D eigenvalue weighted by Gasteiger charge is 2.38. The third-order valence-electron chi connectivity index (χ3n) is 4.13. The number of carbonyl (C=O) groups is 1. The van der Waals surface area contributed by atoms with Crippen molar-refractivity contribution in [3.05, 3.63) is 0 Å². The summed E-state index contributed by atoms with van der Waals surface area (Å²) in [6.07, 6.45) is 4.60. The van der Waals surface area contributed by atoms with Crippen LogP contribution in [0.15, 0.2) is 0 Å². The molecule has 3 N–H and O–H groups in total. The van der Waals surface area contributed by atoms with Gasteiger partial charge in [-0.25, -0.2) is 0 Å². The van der Waals surface area contributed by atoms with E-state index in [1.807, 2.05) is 0 Å². The van der Waals surface area contributed by atoms with Gasteiger partial charge in [0.2, 0.25) is 5.91 Å². The van der Waals surface area contributed by atoms with Crippen LogP contribution >= 0.6 is 0 Å². The molecule has 0 radical (unpaired) electrons. The van der Waals surface area contributed by atoms with Gasteiger partial charge >= 0.3 is 0 Å². The van der Waals surface area contributed by atoms with Crippen molar-refractivity contribution in [2.24, 2.45) is 11.7 Å². The molecule has 2 fully saturated rings. The third-order valence-corrected chi connectivity index (χ3v) is 4.13. The zero-order chi connectivity index (χ0) is 13.7. The van der Waals surface area contributed by atoms with Gasteiger partial charge in [-0.05, 0) is 38.3 Å². The molecule has 19 heavy (non-hydrogen) atoms. The van der Waals surface area contributed by atoms with Crippen LogP contribution in [0.1, 0.15) is 32.6 Å². The highest BCUT2D eigenvalue weighted by atomic mass is 16.5. The van der Waals surface area contributed by atoms with Crippen LogP contribution in [0.2, 0.25) is 0 Å². The lowest BCUT2D eigenvalue weighted by molar-refractivity contribution is -0.126. The molecule has 0 bridgehead atoms. The van der Waals surface area contributed by atoms with Crippen LogP contribution in [0.3, 0.4) is 0 Å². The largest absolute Gasteiger partial charge is 0.379 e. The normalized spacial score (nSPS) is 30.2. The van der Waals surface area contributed by atoms with Crippen molar-refractivity contribution >= 4 is 5.91 Å². The maximum atomic E-state index is 12.0. The molecule has 5 nitrogen and oxygen atoms in total. The molecule has 0 aromatic heterocycles. The van der Waals surface area contributed by atoms with Crippen LogP contribution in [0.25, 0.3) is 0 Å². The summed E-state index contributed by atoms with van der Waals surface area (Å²) in [5, 5.41) is 2.98. The summed E-state index contributed by atoms with van der Waals surface area (Å²) >= 11 is 0. The number of carbonyl (C=O) groups excluding carboxylic acids is 1. The van der Waals surface area contributed by atoms with Crippen molar-refractivity contribution in [3.63, 3.8) is 0 Å². The summed E-state index contributed by atoms with van der Waals surface area (Å²) < 4.78 is 5.22. The van der Waals surface area contributed by atoms with Crippen molar-refractivity contribution < 1.29 is 9.53 Å². The van der Waals surface area contributed by atoms with Gasteiger partial charge in [-0.3, -0.25) is 4.79 Å². The minimum Gasteiger partial charge on any atom is -0.379 e. The molecule has 2 heterocycles. The number of hydrogen-bond donors (Lipinski definition) is 2. The number of piperidine rings is 1. The number of nitrogens with one attached hydrogen (secondary N) is 1. The Balaban J connectivity index is 1.67. The van der Waals surface area contributed by atoms with Gasteiger partial charge in [-0.2, -0.15) is 0 Å². The average Bonchev–Trinajstić information content (AvgIpc) is 2.85. The third kappa shape index (κ3) is 4.16. The first-order chi connectivity index (χ1) is 9.10. The molecule has 0 aromatic rings. The fourth-order valence-electron chi connectivity index (χ4n) is 2.85. The molecule has 5 heteroatoms. The van der Waals surface area contributed by atoms with Crippen molar-refractivity contribution in [1.29, 1.82) is 0 Å². The molecule has 2 saturated heterocycles. The monoisotopic (exact) mass is 269 g/mol. The number of nitrogens with zero attached hydrogens (tertiary/aromatic N) is 1. The maximum Gasteiger partial charge on any atom is 0.242 e. The molecule has 110 valence electrons. The van der Waals surface area contributed by atoms with E-state index >= 15 is 0 Å². The zero-order valence-corrected chi connectivity index (χ0v) is 12.0. The summed E-state index contributed by atoms with van der Waals surface area (Å²) in [4.78, 5) is 14.5. The molecule has 2 rings (SSSR count). The fourth-order valence-corrected chi connectivity index (χ4v) is 2.85. The Bertz CT molecular complexity index is 297. The molecule has 0 aliphatic carbocycles. The second-order valence-electron chi connectivity index (χ2n) is 6.14. The van der Waals surface area contributed by atoms with Gasteiger partial charge in [0, 0.05) is 19.7 Å². The fraction of sp³-hybridized carbons (Fsp3) is 0.929. The number of ether oxygens (including phenoxy) is 1. The van der Waals surface area contributed by atoms with Crippen molar-refractivity contribution in [1.82, 2.24) is 10.2 Å². The second-order valence-corrected chi connectivity index (χ2v) is 6.14. The van der Waals surface area contributed by atoms with Crippen molar-refractivity contribution in [3.8, 4) is 0 Å². The highest BCUT2D eigenvalue weighted by molar-refractivity contribution is 5.86. The summed E-state index contributed by atoms with van der Waals surface area (Å²) in [7, 11) is 0. The maximum absolute atomic E-state index is 12.0. The molecule has 0 spiro atoms. The van der Waals surface area contributed by atoms with Gasteiger partial charge in [0.05, 0.1) is 6.61 Å². The average molecular weight is 269 g/mol. The van der Waals surface area contributed by atoms with E-state index in [0.717, 1.165) is 6.54 Å². The Morgan fingerprint density at radius 1 is 1.42 bits per heavy atom. The number of amides is 1. The van der Waals surface area contributed by atoms with E-state index in [2.05, 4.69) is 17.1 Å². The van der Waals surface area contributed by atoms with Gasteiger partial charge in [0.15, 0.2) is 0 Å². The molecular weight excluding hydrogens is 242 g/mol. The molecule has 2 aliphatic heterocycles. The Hall–Kier alpha value is -0.650. The minimum absolute atomic E-state index is 0.0597. The van der Waals surface area contributed by atoms with Gasteiger partial charge in [0.1, 0.15) is 5.54 Å². The number of nitrogens with two attached hydrogens (primary N) is 1. The second kappa shape index (κ2) is 6.68. The first kappa shape index (κ1) is 14.8. The van der Waals surface area contributed by atoms with Gasteiger partial charge in [0.25, 0.3) is 0 Å². The summed E-state index contributed by atoms with van der Waals surface area (Å²) in [6.45, 7) is 7.29. The summed E-state index contributed by atoms with van der Waals surface area (Å²) in [5.74, 6) is 0.406. The van der Waals surface area contributed by atoms with Crippen LogP contribution in [0.5, 0.6) is 0 Å². The zero-order valence-electron chi connectivity index (χ0n) is 12.0. The molecule has 0 saturated carbocycles. The number of hydrogen-bond acceptors (Lipinski definition) is 4. The Morgan fingerprint density at radius 3 is 2.79 bits per heavy atom. The molecule has 2 unspecified atom stereocenters. The lowest BCUT2D eigenvalue weighted by Crippen LogP contribution is -2.55. The predicted octanol–water partition coefficient (Wildman–Crippen LogP) is 0.342. The minimum atomic E-state index is -0.801. The van der Waals surface area contributed by atoms with E-state index < -0.39 is 5.54 Å². The van der Waals surface area contributed by atoms with E-state index in [4.69, 9.17) is 10.5 Å². The van der Waals surface area contributed by atoms with E-state index in [1.165, 1.54) is 32.4 Å². The van der Waals surface area contributed by atoms with Crippen LogP contribution in [0, 0.1) is 5.92 Å². The quantitative estimate of drug-likeness (QED) is 0.755. The van der Waals surface area contributed by atoms with Gasteiger partial charge in [-0.1, -0.05) is 13.3 Å². The number of likely N-dealkylation sites (tertiary alicyclic amines) is 1. The highest BCUT2D eigenvalue weighted by Crippen LogP contribution is 2.15. The standard InChI is InChI=1S/C14H27N3O2/c1-12(10-17-6-3-2-4-7-17)9-16-13(18)14(15)5-8-19-11-14/h12H,2-11,15H2,1H3,(H,16,18). The van der Waals surface area contributed by atoms with E-state index in [0.29, 0.717) is 32.1 Å². The van der Waals surface area contributed by atoms with Crippen LogP contribution in [0.4, 0.5) is 0 Å². The number of rotatable bonds is 5. The molecule has 2 aliphatic rings. The van der Waals surface area contributed by atoms with Gasteiger partial charge in [-0.15, -0.1) is 0 Å². The van der Waals surface area contributed by atoms with Crippen LogP contribution < -0.4 is 11.1 Å². The van der Waals surface area contributed by atoms with Crippen LogP contribution in [-0.2, 0) is 9.53 Å². The summed E-state index contributed by atoms with van der Waals surface area (Å²) in [6, 6.07) is 0. The molecule has 1 amide bonds. The lowest BCUT2D eigenvalue weighted by atomic mass is 9.99.